The quantitative estimate of drug-likeness (QED) is 0.389. The minimum atomic E-state index is -0.327. The summed E-state index contributed by atoms with van der Waals surface area (Å²) in [5, 5.41) is 10.6. The van der Waals surface area contributed by atoms with Crippen molar-refractivity contribution in [2.45, 2.75) is 46.5 Å². The van der Waals surface area contributed by atoms with Crippen LogP contribution < -0.4 is 10.6 Å². The number of carbonyl (C=O) groups excluding carboxylic acids is 2. The Labute approximate surface area is 209 Å². The largest absolute Gasteiger partial charge is 0.322 e. The third kappa shape index (κ3) is 6.47. The molecule has 0 radical (unpaired) electrons. The van der Waals surface area contributed by atoms with Crippen molar-refractivity contribution in [2.75, 3.05) is 23.7 Å². The number of aryl methyl sites for hydroxylation is 1. The van der Waals surface area contributed by atoms with Crippen molar-refractivity contribution in [3.8, 4) is 5.69 Å². The number of hydrogen-bond donors (Lipinski definition) is 2. The zero-order valence-electron chi connectivity index (χ0n) is 20.4. The standard InChI is InChI=1S/C26H32BrN5O2/c1-6-14-31(25(34)28-21-13-8-7-12-20(21)27)17-24(33)29-23-16-22(26(3,4)5)30-32(23)19-11-9-10-18(2)15-19/h7-13,15-16H,6,14,17H2,1-5H3,(H,28,34)(H,29,33). The SMILES string of the molecule is CCCN(CC(=O)Nc1cc(C(C)(C)C)nn1-c1cccc(C)c1)C(=O)Nc1ccccc1Br. The molecule has 0 bridgehead atoms. The van der Waals surface area contributed by atoms with E-state index in [9.17, 15) is 9.59 Å². The topological polar surface area (TPSA) is 79.3 Å². The number of urea groups is 1. The third-order valence-corrected chi connectivity index (χ3v) is 5.91. The zero-order chi connectivity index (χ0) is 24.9. The second-order valence-electron chi connectivity index (χ2n) is 9.30. The van der Waals surface area contributed by atoms with E-state index < -0.39 is 0 Å². The lowest BCUT2D eigenvalue weighted by Crippen LogP contribution is -2.41. The molecule has 0 spiro atoms. The Hall–Kier alpha value is -3.13. The maximum Gasteiger partial charge on any atom is 0.322 e. The van der Waals surface area contributed by atoms with Gasteiger partial charge in [0, 0.05) is 22.5 Å². The van der Waals surface area contributed by atoms with Crippen LogP contribution in [-0.4, -0.2) is 39.7 Å². The molecular weight excluding hydrogens is 494 g/mol. The number of aromatic nitrogens is 2. The van der Waals surface area contributed by atoms with Gasteiger partial charge in [0.15, 0.2) is 0 Å². The van der Waals surface area contributed by atoms with Crippen molar-refractivity contribution in [1.29, 1.82) is 0 Å². The molecule has 0 saturated heterocycles. The molecule has 1 aromatic heterocycles. The predicted molar refractivity (Wildman–Crippen MR) is 141 cm³/mol. The Morgan fingerprint density at radius 1 is 1.06 bits per heavy atom. The summed E-state index contributed by atoms with van der Waals surface area (Å²) in [6.07, 6.45) is 0.728. The number of amides is 3. The van der Waals surface area contributed by atoms with E-state index in [0.29, 0.717) is 18.1 Å². The van der Waals surface area contributed by atoms with Crippen LogP contribution in [0.15, 0.2) is 59.1 Å². The second-order valence-corrected chi connectivity index (χ2v) is 10.1. The molecule has 0 aliphatic heterocycles. The van der Waals surface area contributed by atoms with Gasteiger partial charge in [0.1, 0.15) is 12.4 Å². The van der Waals surface area contributed by atoms with Crippen molar-refractivity contribution < 1.29 is 9.59 Å². The van der Waals surface area contributed by atoms with Gasteiger partial charge in [-0.05, 0) is 59.1 Å². The molecule has 7 nitrogen and oxygen atoms in total. The summed E-state index contributed by atoms with van der Waals surface area (Å²) in [5.74, 6) is 0.285. The molecule has 34 heavy (non-hydrogen) atoms. The first-order valence-electron chi connectivity index (χ1n) is 11.4. The lowest BCUT2D eigenvalue weighted by Gasteiger charge is -2.22. The zero-order valence-corrected chi connectivity index (χ0v) is 21.9. The highest BCUT2D eigenvalue weighted by Gasteiger charge is 2.23. The molecule has 0 aliphatic carbocycles. The van der Waals surface area contributed by atoms with Crippen LogP contribution in [0.3, 0.4) is 0 Å². The van der Waals surface area contributed by atoms with Crippen LogP contribution in [0.4, 0.5) is 16.3 Å². The molecule has 3 rings (SSSR count). The van der Waals surface area contributed by atoms with E-state index in [1.807, 2.05) is 62.4 Å². The van der Waals surface area contributed by atoms with Gasteiger partial charge in [-0.2, -0.15) is 5.10 Å². The summed E-state index contributed by atoms with van der Waals surface area (Å²) in [4.78, 5) is 27.5. The van der Waals surface area contributed by atoms with Crippen molar-refractivity contribution in [1.82, 2.24) is 14.7 Å². The van der Waals surface area contributed by atoms with Crippen LogP contribution in [-0.2, 0) is 10.2 Å². The number of para-hydroxylation sites is 1. The lowest BCUT2D eigenvalue weighted by atomic mass is 9.92. The van der Waals surface area contributed by atoms with Gasteiger partial charge in [-0.15, -0.1) is 0 Å². The average Bonchev–Trinajstić information content (AvgIpc) is 3.19. The van der Waals surface area contributed by atoms with Crippen LogP contribution >= 0.6 is 15.9 Å². The number of carbonyl (C=O) groups is 2. The average molecular weight is 526 g/mol. The van der Waals surface area contributed by atoms with Crippen molar-refractivity contribution in [3.05, 3.63) is 70.3 Å². The molecule has 2 aromatic carbocycles. The van der Waals surface area contributed by atoms with Gasteiger partial charge in [0.2, 0.25) is 5.91 Å². The number of halogens is 1. The van der Waals surface area contributed by atoms with Gasteiger partial charge in [-0.3, -0.25) is 4.79 Å². The Bertz CT molecular complexity index is 1170. The molecule has 3 aromatic rings. The number of nitrogens with one attached hydrogen (secondary N) is 2. The molecule has 180 valence electrons. The van der Waals surface area contributed by atoms with Crippen molar-refractivity contribution >= 4 is 39.4 Å². The Morgan fingerprint density at radius 3 is 2.44 bits per heavy atom. The summed E-state index contributed by atoms with van der Waals surface area (Å²) in [6.45, 7) is 10.6. The molecule has 2 N–H and O–H groups in total. The molecule has 3 amide bonds. The fourth-order valence-electron chi connectivity index (χ4n) is 3.43. The highest BCUT2D eigenvalue weighted by Crippen LogP contribution is 2.27. The molecule has 0 atom stereocenters. The minimum Gasteiger partial charge on any atom is -0.315 e. The number of benzene rings is 2. The normalized spacial score (nSPS) is 11.2. The third-order valence-electron chi connectivity index (χ3n) is 5.22. The number of hydrogen-bond acceptors (Lipinski definition) is 3. The second kappa shape index (κ2) is 10.9. The van der Waals surface area contributed by atoms with Gasteiger partial charge in [0.05, 0.1) is 17.1 Å². The van der Waals surface area contributed by atoms with Crippen molar-refractivity contribution in [3.63, 3.8) is 0 Å². The van der Waals surface area contributed by atoms with Crippen LogP contribution in [0.5, 0.6) is 0 Å². The molecule has 1 heterocycles. The Balaban J connectivity index is 1.81. The first-order valence-corrected chi connectivity index (χ1v) is 12.2. The Morgan fingerprint density at radius 2 is 1.79 bits per heavy atom. The van der Waals surface area contributed by atoms with E-state index >= 15 is 0 Å². The summed E-state index contributed by atoms with van der Waals surface area (Å²) >= 11 is 3.44. The summed E-state index contributed by atoms with van der Waals surface area (Å²) in [5.41, 5.74) is 3.29. The first kappa shape index (κ1) is 25.5. The van der Waals surface area contributed by atoms with E-state index in [-0.39, 0.29) is 23.9 Å². The van der Waals surface area contributed by atoms with Gasteiger partial charge in [-0.1, -0.05) is 52.0 Å². The minimum absolute atomic E-state index is 0.0754. The summed E-state index contributed by atoms with van der Waals surface area (Å²) in [6, 6.07) is 16.9. The van der Waals surface area contributed by atoms with E-state index in [1.54, 1.807) is 10.7 Å². The summed E-state index contributed by atoms with van der Waals surface area (Å²) in [7, 11) is 0. The van der Waals surface area contributed by atoms with Crippen LogP contribution in [0.1, 0.15) is 45.4 Å². The van der Waals surface area contributed by atoms with Gasteiger partial charge in [-0.25, -0.2) is 9.48 Å². The summed E-state index contributed by atoms with van der Waals surface area (Å²) < 4.78 is 2.53. The molecule has 0 saturated carbocycles. The molecular formula is C26H32BrN5O2. The maximum atomic E-state index is 13.0. The predicted octanol–water partition coefficient (Wildman–Crippen LogP) is 6.12. The van der Waals surface area contributed by atoms with Crippen molar-refractivity contribution in [2.24, 2.45) is 0 Å². The highest BCUT2D eigenvalue weighted by atomic mass is 79.9. The van der Waals surface area contributed by atoms with Gasteiger partial charge in [0.25, 0.3) is 0 Å². The molecule has 0 aliphatic rings. The maximum absolute atomic E-state index is 13.0. The van der Waals surface area contributed by atoms with Crippen LogP contribution in [0.2, 0.25) is 0 Å². The number of nitrogens with zero attached hydrogens (tertiary/aromatic N) is 3. The van der Waals surface area contributed by atoms with Crippen LogP contribution in [0.25, 0.3) is 5.69 Å². The molecule has 0 unspecified atom stereocenters. The van der Waals surface area contributed by atoms with Crippen LogP contribution in [0, 0.1) is 6.92 Å². The van der Waals surface area contributed by atoms with E-state index in [2.05, 4.69) is 47.3 Å². The van der Waals surface area contributed by atoms with Gasteiger partial charge < -0.3 is 15.5 Å². The first-order chi connectivity index (χ1) is 16.1. The van der Waals surface area contributed by atoms with E-state index in [1.165, 1.54) is 4.90 Å². The monoisotopic (exact) mass is 525 g/mol. The lowest BCUT2D eigenvalue weighted by molar-refractivity contribution is -0.116. The number of rotatable bonds is 7. The Kier molecular flexibility index (Phi) is 8.15. The fourth-order valence-corrected chi connectivity index (χ4v) is 3.81. The van der Waals surface area contributed by atoms with E-state index in [4.69, 9.17) is 5.10 Å². The molecule has 8 heteroatoms. The number of anilines is 2. The highest BCUT2D eigenvalue weighted by molar-refractivity contribution is 9.10. The van der Waals surface area contributed by atoms with Gasteiger partial charge >= 0.3 is 6.03 Å². The molecule has 0 fully saturated rings. The fraction of sp³-hybridized carbons (Fsp3) is 0.346. The van der Waals surface area contributed by atoms with E-state index in [0.717, 1.165) is 27.8 Å². The smallest absolute Gasteiger partial charge is 0.315 e.